The summed E-state index contributed by atoms with van der Waals surface area (Å²) in [6.45, 7) is 1.96. The van der Waals surface area contributed by atoms with Crippen LogP contribution >= 0.6 is 0 Å². The van der Waals surface area contributed by atoms with Crippen molar-refractivity contribution < 1.29 is 14.3 Å². The second kappa shape index (κ2) is 6.13. The Morgan fingerprint density at radius 2 is 2.00 bits per heavy atom. The third-order valence-electron chi connectivity index (χ3n) is 2.93. The summed E-state index contributed by atoms with van der Waals surface area (Å²) in [6, 6.07) is 8.80. The lowest BCUT2D eigenvalue weighted by molar-refractivity contribution is 0.0594. The highest BCUT2D eigenvalue weighted by molar-refractivity contribution is 5.89. The molecule has 21 heavy (non-hydrogen) atoms. The van der Waals surface area contributed by atoms with Crippen molar-refractivity contribution in [1.29, 1.82) is 0 Å². The largest absolute Gasteiger partial charge is 0.495 e. The van der Waals surface area contributed by atoms with Gasteiger partial charge in [0.05, 0.1) is 25.6 Å². The van der Waals surface area contributed by atoms with Crippen LogP contribution in [0.25, 0.3) is 0 Å². The van der Waals surface area contributed by atoms with Crippen molar-refractivity contribution in [3.63, 3.8) is 0 Å². The summed E-state index contributed by atoms with van der Waals surface area (Å²) in [4.78, 5) is 15.7. The number of nitrogen functional groups attached to an aromatic ring is 1. The second-order valence-corrected chi connectivity index (χ2v) is 4.45. The van der Waals surface area contributed by atoms with Crippen LogP contribution in [0.1, 0.15) is 16.1 Å². The van der Waals surface area contributed by atoms with Crippen LogP contribution in [0.5, 0.6) is 5.75 Å². The molecular formula is C15H17N3O3. The maximum Gasteiger partial charge on any atom is 0.356 e. The van der Waals surface area contributed by atoms with E-state index in [1.165, 1.54) is 13.2 Å². The molecule has 0 bridgehead atoms. The van der Waals surface area contributed by atoms with Crippen LogP contribution in [-0.4, -0.2) is 25.2 Å². The van der Waals surface area contributed by atoms with Gasteiger partial charge >= 0.3 is 5.97 Å². The normalized spacial score (nSPS) is 10.0. The first-order chi connectivity index (χ1) is 10.0. The molecule has 2 rings (SSSR count). The average Bonchev–Trinajstić information content (AvgIpc) is 2.49. The predicted octanol–water partition coefficient (Wildman–Crippen LogP) is 2.51. The van der Waals surface area contributed by atoms with Gasteiger partial charge in [-0.25, -0.2) is 9.78 Å². The highest BCUT2D eigenvalue weighted by Gasteiger charge is 2.12. The van der Waals surface area contributed by atoms with Crippen molar-refractivity contribution >= 4 is 23.2 Å². The minimum Gasteiger partial charge on any atom is -0.495 e. The standard InChI is InChI=1S/C15H17N3O3/c1-9-4-7-13(20-2)12(8-9)18-14-10(16)5-6-11(17-14)15(19)21-3/h4-8H,16H2,1-3H3,(H,17,18). The summed E-state index contributed by atoms with van der Waals surface area (Å²) < 4.78 is 9.94. The van der Waals surface area contributed by atoms with Gasteiger partial charge in [0.2, 0.25) is 0 Å². The van der Waals surface area contributed by atoms with Crippen molar-refractivity contribution in [3.05, 3.63) is 41.6 Å². The number of pyridine rings is 1. The number of esters is 1. The first-order valence-corrected chi connectivity index (χ1v) is 6.31. The number of hydrogen-bond acceptors (Lipinski definition) is 6. The zero-order valence-electron chi connectivity index (χ0n) is 12.1. The molecule has 0 aliphatic heterocycles. The molecule has 0 unspecified atom stereocenters. The van der Waals surface area contributed by atoms with Crippen LogP contribution in [-0.2, 0) is 4.74 Å². The number of aromatic nitrogens is 1. The van der Waals surface area contributed by atoms with Gasteiger partial charge in [-0.3, -0.25) is 0 Å². The Kier molecular flexibility index (Phi) is 4.27. The highest BCUT2D eigenvalue weighted by Crippen LogP contribution is 2.30. The van der Waals surface area contributed by atoms with E-state index >= 15 is 0 Å². The summed E-state index contributed by atoms with van der Waals surface area (Å²) in [5.41, 5.74) is 8.27. The number of benzene rings is 1. The number of ether oxygens (including phenoxy) is 2. The Hall–Kier alpha value is -2.76. The van der Waals surface area contributed by atoms with E-state index in [4.69, 9.17) is 10.5 Å². The topological polar surface area (TPSA) is 86.5 Å². The molecule has 3 N–H and O–H groups in total. The van der Waals surface area contributed by atoms with Crippen LogP contribution in [0.15, 0.2) is 30.3 Å². The van der Waals surface area contributed by atoms with Crippen LogP contribution in [0.3, 0.4) is 0 Å². The molecule has 0 aliphatic rings. The number of aryl methyl sites for hydroxylation is 1. The van der Waals surface area contributed by atoms with E-state index in [0.29, 0.717) is 17.3 Å². The van der Waals surface area contributed by atoms with E-state index < -0.39 is 5.97 Å². The highest BCUT2D eigenvalue weighted by atomic mass is 16.5. The van der Waals surface area contributed by atoms with E-state index in [-0.39, 0.29) is 5.69 Å². The minimum atomic E-state index is -0.519. The van der Waals surface area contributed by atoms with E-state index in [2.05, 4.69) is 15.0 Å². The number of carbonyl (C=O) groups excluding carboxylic acids is 1. The molecule has 6 nitrogen and oxygen atoms in total. The maximum absolute atomic E-state index is 11.5. The van der Waals surface area contributed by atoms with Crippen molar-refractivity contribution in [2.45, 2.75) is 6.92 Å². The molecule has 0 radical (unpaired) electrons. The lowest BCUT2D eigenvalue weighted by atomic mass is 10.2. The predicted molar refractivity (Wildman–Crippen MR) is 81.0 cm³/mol. The monoisotopic (exact) mass is 287 g/mol. The molecule has 6 heteroatoms. The number of nitrogens with two attached hydrogens (primary N) is 1. The number of hydrogen-bond donors (Lipinski definition) is 2. The fraction of sp³-hybridized carbons (Fsp3) is 0.200. The third-order valence-corrected chi connectivity index (χ3v) is 2.93. The van der Waals surface area contributed by atoms with Crippen LogP contribution in [0.4, 0.5) is 17.2 Å². The van der Waals surface area contributed by atoms with Crippen molar-refractivity contribution in [2.24, 2.45) is 0 Å². The summed E-state index contributed by atoms with van der Waals surface area (Å²) in [5.74, 6) is 0.515. The molecule has 0 aliphatic carbocycles. The van der Waals surface area contributed by atoms with Crippen LogP contribution in [0.2, 0.25) is 0 Å². The molecule has 0 saturated carbocycles. The number of carbonyl (C=O) groups is 1. The van der Waals surface area contributed by atoms with Gasteiger partial charge in [-0.15, -0.1) is 0 Å². The zero-order chi connectivity index (χ0) is 15.4. The van der Waals surface area contributed by atoms with Gasteiger partial charge in [-0.05, 0) is 36.8 Å². The first kappa shape index (κ1) is 14.6. The van der Waals surface area contributed by atoms with E-state index in [9.17, 15) is 4.79 Å². The Bertz CT molecular complexity index is 671. The lowest BCUT2D eigenvalue weighted by Crippen LogP contribution is -2.08. The summed E-state index contributed by atoms with van der Waals surface area (Å²) >= 11 is 0. The Labute approximate surface area is 122 Å². The first-order valence-electron chi connectivity index (χ1n) is 6.31. The summed E-state index contributed by atoms with van der Waals surface area (Å²) in [6.07, 6.45) is 0. The van der Waals surface area contributed by atoms with Crippen molar-refractivity contribution in [2.75, 3.05) is 25.3 Å². The fourth-order valence-electron chi connectivity index (χ4n) is 1.84. The quantitative estimate of drug-likeness (QED) is 0.840. The molecule has 0 atom stereocenters. The molecule has 1 aromatic carbocycles. The van der Waals surface area contributed by atoms with Gasteiger partial charge in [0.25, 0.3) is 0 Å². The van der Waals surface area contributed by atoms with Gasteiger partial charge in [-0.2, -0.15) is 0 Å². The van der Waals surface area contributed by atoms with Crippen LogP contribution in [0, 0.1) is 6.92 Å². The van der Waals surface area contributed by atoms with Crippen molar-refractivity contribution in [3.8, 4) is 5.75 Å². The van der Waals surface area contributed by atoms with Gasteiger partial charge in [0.15, 0.2) is 11.5 Å². The summed E-state index contributed by atoms with van der Waals surface area (Å²) in [7, 11) is 2.88. The fourth-order valence-corrected chi connectivity index (χ4v) is 1.84. The molecule has 0 spiro atoms. The van der Waals surface area contributed by atoms with E-state index in [1.807, 2.05) is 25.1 Å². The Morgan fingerprint density at radius 1 is 1.24 bits per heavy atom. The molecule has 1 heterocycles. The van der Waals surface area contributed by atoms with E-state index in [0.717, 1.165) is 11.3 Å². The third kappa shape index (κ3) is 3.22. The van der Waals surface area contributed by atoms with Gasteiger partial charge in [0.1, 0.15) is 5.75 Å². The van der Waals surface area contributed by atoms with E-state index in [1.54, 1.807) is 13.2 Å². The van der Waals surface area contributed by atoms with Gasteiger partial charge < -0.3 is 20.5 Å². The average molecular weight is 287 g/mol. The number of nitrogens with zero attached hydrogens (tertiary/aromatic N) is 1. The number of nitrogens with one attached hydrogen (secondary N) is 1. The van der Waals surface area contributed by atoms with Gasteiger partial charge in [0, 0.05) is 0 Å². The van der Waals surface area contributed by atoms with Gasteiger partial charge in [-0.1, -0.05) is 6.07 Å². The number of methoxy groups -OCH3 is 2. The molecule has 110 valence electrons. The molecule has 1 aromatic heterocycles. The second-order valence-electron chi connectivity index (χ2n) is 4.45. The summed E-state index contributed by atoms with van der Waals surface area (Å²) in [5, 5.41) is 3.08. The lowest BCUT2D eigenvalue weighted by Gasteiger charge is -2.13. The molecule has 2 aromatic rings. The molecule has 0 fully saturated rings. The zero-order valence-corrected chi connectivity index (χ0v) is 12.1. The molecule has 0 saturated heterocycles. The SMILES string of the molecule is COC(=O)c1ccc(N)c(Nc2cc(C)ccc2OC)n1. The minimum absolute atomic E-state index is 0.181. The van der Waals surface area contributed by atoms with Crippen molar-refractivity contribution in [1.82, 2.24) is 4.98 Å². The smallest absolute Gasteiger partial charge is 0.356 e. The van der Waals surface area contributed by atoms with Crippen LogP contribution < -0.4 is 15.8 Å². The number of anilines is 3. The molecular weight excluding hydrogens is 270 g/mol. The Balaban J connectivity index is 2.39. The Morgan fingerprint density at radius 3 is 2.67 bits per heavy atom. The number of rotatable bonds is 4. The maximum atomic E-state index is 11.5. The molecule has 0 amide bonds.